The minimum absolute atomic E-state index is 0.132. The van der Waals surface area contributed by atoms with Gasteiger partial charge in [0.05, 0.1) is 15.7 Å². The summed E-state index contributed by atoms with van der Waals surface area (Å²) in [7, 11) is 0. The second-order valence-electron chi connectivity index (χ2n) is 5.11. The molecule has 1 aromatic carbocycles. The predicted molar refractivity (Wildman–Crippen MR) is 80.4 cm³/mol. The van der Waals surface area contributed by atoms with Gasteiger partial charge in [-0.15, -0.1) is 0 Å². The van der Waals surface area contributed by atoms with E-state index in [4.69, 9.17) is 28.9 Å². The zero-order valence-electron chi connectivity index (χ0n) is 10.8. The first kappa shape index (κ1) is 13.0. The average molecular weight is 295 g/mol. The van der Waals surface area contributed by atoms with Crippen LogP contribution in [0.5, 0.6) is 0 Å². The molecule has 0 fully saturated rings. The minimum Gasteiger partial charge on any atom is -0.324 e. The zero-order valence-corrected chi connectivity index (χ0v) is 12.3. The van der Waals surface area contributed by atoms with Gasteiger partial charge in [0.1, 0.15) is 0 Å². The van der Waals surface area contributed by atoms with E-state index in [1.807, 2.05) is 25.3 Å². The largest absolute Gasteiger partial charge is 0.324 e. The van der Waals surface area contributed by atoms with Crippen LogP contribution in [0.25, 0.3) is 5.69 Å². The van der Waals surface area contributed by atoms with Crippen molar-refractivity contribution in [3.63, 3.8) is 0 Å². The summed E-state index contributed by atoms with van der Waals surface area (Å²) < 4.78 is 2.10. The molecule has 1 unspecified atom stereocenters. The predicted octanol–water partition coefficient (Wildman–Crippen LogP) is 4.43. The van der Waals surface area contributed by atoms with Crippen molar-refractivity contribution in [3.05, 3.63) is 51.3 Å². The van der Waals surface area contributed by atoms with Crippen LogP contribution in [0.15, 0.2) is 24.4 Å². The van der Waals surface area contributed by atoms with Crippen LogP contribution in [0.1, 0.15) is 35.7 Å². The monoisotopic (exact) mass is 294 g/mol. The van der Waals surface area contributed by atoms with Crippen LogP contribution in [0.4, 0.5) is 0 Å². The van der Waals surface area contributed by atoms with Crippen molar-refractivity contribution in [1.82, 2.24) is 4.57 Å². The van der Waals surface area contributed by atoms with Gasteiger partial charge in [-0.05, 0) is 49.4 Å². The molecule has 0 radical (unpaired) electrons. The molecule has 0 saturated carbocycles. The first-order valence-corrected chi connectivity index (χ1v) is 7.26. The van der Waals surface area contributed by atoms with Crippen LogP contribution in [0.3, 0.4) is 0 Å². The smallest absolute Gasteiger partial charge is 0.0830 e. The molecule has 0 bridgehead atoms. The Hall–Kier alpha value is -0.960. The lowest BCUT2D eigenvalue weighted by Crippen LogP contribution is -2.18. The van der Waals surface area contributed by atoms with Gasteiger partial charge in [-0.3, -0.25) is 0 Å². The molecule has 1 aliphatic carbocycles. The van der Waals surface area contributed by atoms with Crippen LogP contribution in [-0.4, -0.2) is 4.57 Å². The molecule has 100 valence electrons. The summed E-state index contributed by atoms with van der Waals surface area (Å²) in [4.78, 5) is 0. The molecule has 2 nitrogen and oxygen atoms in total. The highest BCUT2D eigenvalue weighted by atomic mass is 35.5. The number of nitrogens with zero attached hydrogens (tertiary/aromatic N) is 1. The summed E-state index contributed by atoms with van der Waals surface area (Å²) in [6, 6.07) is 6.06. The first-order chi connectivity index (χ1) is 9.09. The third-order valence-electron chi connectivity index (χ3n) is 3.86. The summed E-state index contributed by atoms with van der Waals surface area (Å²) >= 11 is 12.8. The van der Waals surface area contributed by atoms with Crippen LogP contribution in [0, 0.1) is 6.92 Å². The summed E-state index contributed by atoms with van der Waals surface area (Å²) in [5.74, 6) is 0. The van der Waals surface area contributed by atoms with Crippen LogP contribution in [-0.2, 0) is 6.42 Å². The lowest BCUT2D eigenvalue weighted by Gasteiger charge is -2.22. The molecule has 0 saturated heterocycles. The molecule has 1 heterocycles. The summed E-state index contributed by atoms with van der Waals surface area (Å²) in [5.41, 5.74) is 10.5. The van der Waals surface area contributed by atoms with Crippen molar-refractivity contribution in [2.45, 2.75) is 32.2 Å². The third-order valence-corrected chi connectivity index (χ3v) is 4.64. The normalized spacial score (nSPS) is 18.4. The van der Waals surface area contributed by atoms with Gasteiger partial charge in [0.25, 0.3) is 0 Å². The van der Waals surface area contributed by atoms with Crippen LogP contribution < -0.4 is 5.73 Å². The van der Waals surface area contributed by atoms with Gasteiger partial charge in [0.15, 0.2) is 0 Å². The van der Waals surface area contributed by atoms with E-state index in [-0.39, 0.29) is 6.04 Å². The lowest BCUT2D eigenvalue weighted by atomic mass is 9.93. The quantitative estimate of drug-likeness (QED) is 0.829. The van der Waals surface area contributed by atoms with E-state index in [9.17, 15) is 0 Å². The molecule has 2 N–H and O–H groups in total. The van der Waals surface area contributed by atoms with Crippen molar-refractivity contribution in [2.75, 3.05) is 0 Å². The average Bonchev–Trinajstić information content (AvgIpc) is 2.80. The fraction of sp³-hybridized carbons (Fsp3) is 0.333. The van der Waals surface area contributed by atoms with Gasteiger partial charge in [-0.25, -0.2) is 0 Å². The molecule has 19 heavy (non-hydrogen) atoms. The molecule has 1 aromatic heterocycles. The Balaban J connectivity index is 2.21. The van der Waals surface area contributed by atoms with Crippen molar-refractivity contribution < 1.29 is 0 Å². The molecule has 0 aliphatic heterocycles. The van der Waals surface area contributed by atoms with E-state index >= 15 is 0 Å². The van der Waals surface area contributed by atoms with Gasteiger partial charge < -0.3 is 10.3 Å². The van der Waals surface area contributed by atoms with Crippen molar-refractivity contribution in [2.24, 2.45) is 5.73 Å². The standard InChI is InChI=1S/C15H16Cl2N2/c1-9-5-6-11(16)15(14(9)17)19-8-7-10-12(18)3-2-4-13(10)19/h5-8,12H,2-4,18H2,1H3. The molecule has 2 aromatic rings. The molecule has 4 heteroatoms. The van der Waals surface area contributed by atoms with E-state index in [2.05, 4.69) is 10.6 Å². The maximum atomic E-state index is 6.43. The molecule has 1 aliphatic rings. The highest BCUT2D eigenvalue weighted by Crippen LogP contribution is 2.36. The fourth-order valence-electron chi connectivity index (χ4n) is 2.80. The Bertz CT molecular complexity index is 631. The van der Waals surface area contributed by atoms with E-state index in [1.165, 1.54) is 11.3 Å². The SMILES string of the molecule is Cc1ccc(Cl)c(-n2ccc3c2CCCC3N)c1Cl. The highest BCUT2D eigenvalue weighted by molar-refractivity contribution is 6.38. The number of aromatic nitrogens is 1. The Morgan fingerprint density at radius 2 is 2.05 bits per heavy atom. The zero-order chi connectivity index (χ0) is 13.6. The van der Waals surface area contributed by atoms with Gasteiger partial charge >= 0.3 is 0 Å². The Labute approximate surface area is 123 Å². The summed E-state index contributed by atoms with van der Waals surface area (Å²) in [6.07, 6.45) is 5.21. The number of benzene rings is 1. The second kappa shape index (κ2) is 4.86. The van der Waals surface area contributed by atoms with Crippen LogP contribution in [0.2, 0.25) is 10.0 Å². The number of nitrogens with two attached hydrogens (primary N) is 1. The Morgan fingerprint density at radius 1 is 1.26 bits per heavy atom. The summed E-state index contributed by atoms with van der Waals surface area (Å²) in [5, 5.41) is 1.39. The highest BCUT2D eigenvalue weighted by Gasteiger charge is 2.22. The van der Waals surface area contributed by atoms with Gasteiger partial charge in [0.2, 0.25) is 0 Å². The fourth-order valence-corrected chi connectivity index (χ4v) is 3.35. The van der Waals surface area contributed by atoms with Crippen molar-refractivity contribution in [1.29, 1.82) is 0 Å². The van der Waals surface area contributed by atoms with Gasteiger partial charge in [-0.2, -0.15) is 0 Å². The van der Waals surface area contributed by atoms with E-state index in [0.29, 0.717) is 10.0 Å². The topological polar surface area (TPSA) is 30.9 Å². The molecule has 0 spiro atoms. The maximum absolute atomic E-state index is 6.43. The maximum Gasteiger partial charge on any atom is 0.0830 e. The number of aryl methyl sites for hydroxylation is 1. The lowest BCUT2D eigenvalue weighted by molar-refractivity contribution is 0.560. The molecule has 3 rings (SSSR count). The van der Waals surface area contributed by atoms with Crippen molar-refractivity contribution in [3.8, 4) is 5.69 Å². The van der Waals surface area contributed by atoms with E-state index < -0.39 is 0 Å². The third kappa shape index (κ3) is 2.08. The Kier molecular flexibility index (Phi) is 3.34. The first-order valence-electron chi connectivity index (χ1n) is 6.50. The van der Waals surface area contributed by atoms with Gasteiger partial charge in [-0.1, -0.05) is 29.3 Å². The number of fused-ring (bicyclic) bond motifs is 1. The van der Waals surface area contributed by atoms with Crippen LogP contribution >= 0.6 is 23.2 Å². The van der Waals surface area contributed by atoms with Crippen molar-refractivity contribution >= 4 is 23.2 Å². The molecule has 1 atom stereocenters. The van der Waals surface area contributed by atoms with E-state index in [1.54, 1.807) is 0 Å². The van der Waals surface area contributed by atoms with Gasteiger partial charge in [0, 0.05) is 17.9 Å². The number of hydrogen-bond acceptors (Lipinski definition) is 1. The molecular weight excluding hydrogens is 279 g/mol. The Morgan fingerprint density at radius 3 is 2.84 bits per heavy atom. The summed E-state index contributed by atoms with van der Waals surface area (Å²) in [6.45, 7) is 1.99. The van der Waals surface area contributed by atoms with E-state index in [0.717, 1.165) is 30.5 Å². The number of hydrogen-bond donors (Lipinski definition) is 1. The molecular formula is C15H16Cl2N2. The minimum atomic E-state index is 0.132. The number of rotatable bonds is 1. The second-order valence-corrected chi connectivity index (χ2v) is 5.90. The molecule has 0 amide bonds. The number of halogens is 2.